The molecule has 2 nitrogen and oxygen atoms in total. The van der Waals surface area contributed by atoms with E-state index in [1.54, 1.807) is 0 Å². The van der Waals surface area contributed by atoms with Gasteiger partial charge < -0.3 is 4.98 Å². The van der Waals surface area contributed by atoms with Crippen LogP contribution in [0.1, 0.15) is 31.9 Å². The Bertz CT molecular complexity index is 985. The summed E-state index contributed by atoms with van der Waals surface area (Å²) in [6.07, 6.45) is 0. The minimum absolute atomic E-state index is 0.116. The summed E-state index contributed by atoms with van der Waals surface area (Å²) in [6, 6.07) is 22.6. The number of pyridine rings is 1. The van der Waals surface area contributed by atoms with Gasteiger partial charge in [0.15, 0.2) is 0 Å². The number of nitrogens with one attached hydrogen (secondary N) is 1. The van der Waals surface area contributed by atoms with Gasteiger partial charge in [-0.2, -0.15) is 5.26 Å². The van der Waals surface area contributed by atoms with Gasteiger partial charge in [-0.1, -0.05) is 87.6 Å². The van der Waals surface area contributed by atoms with Crippen LogP contribution in [0.2, 0.25) is 0 Å². The summed E-state index contributed by atoms with van der Waals surface area (Å²) in [5, 5.41) is 9.51. The molecule has 0 aliphatic rings. The van der Waals surface area contributed by atoms with Crippen LogP contribution in [0.4, 0.5) is 0 Å². The van der Waals surface area contributed by atoms with E-state index in [1.165, 1.54) is 5.56 Å². The fourth-order valence-electron chi connectivity index (χ4n) is 2.82. The lowest BCUT2D eigenvalue weighted by atomic mass is 9.86. The molecule has 2 aromatic carbocycles. The van der Waals surface area contributed by atoms with Gasteiger partial charge in [0.2, 0.25) is 0 Å². The maximum absolute atomic E-state index is 9.51. The average molecular weight is 344 g/mol. The second kappa shape index (κ2) is 6.66. The molecule has 3 rings (SSSR count). The van der Waals surface area contributed by atoms with Crippen LogP contribution in [0.5, 0.6) is 0 Å². The number of hydrogen-bond acceptors (Lipinski definition) is 2. The Balaban J connectivity index is 2.14. The Hall–Kier alpha value is -2.70. The number of benzene rings is 2. The average Bonchev–Trinajstić information content (AvgIpc) is 2.61. The summed E-state index contributed by atoms with van der Waals surface area (Å²) in [7, 11) is 0. The summed E-state index contributed by atoms with van der Waals surface area (Å²) >= 11 is 5.43. The molecule has 0 radical (unpaired) electrons. The quantitative estimate of drug-likeness (QED) is 0.558. The largest absolute Gasteiger partial charge is 0.345 e. The number of rotatable bonds is 2. The van der Waals surface area contributed by atoms with Crippen molar-refractivity contribution >= 4 is 12.2 Å². The van der Waals surface area contributed by atoms with E-state index in [1.807, 2.05) is 36.4 Å². The van der Waals surface area contributed by atoms with Crippen molar-refractivity contribution < 1.29 is 0 Å². The molecule has 0 spiro atoms. The fraction of sp³-hybridized carbons (Fsp3) is 0.182. The molecule has 0 unspecified atom stereocenters. The van der Waals surface area contributed by atoms with Gasteiger partial charge in [-0.05, 0) is 28.2 Å². The van der Waals surface area contributed by atoms with Crippen molar-refractivity contribution in [3.8, 4) is 28.5 Å². The molecule has 0 aliphatic heterocycles. The molecule has 0 bridgehead atoms. The number of aromatic amines is 1. The van der Waals surface area contributed by atoms with E-state index in [0.717, 1.165) is 22.4 Å². The molecule has 1 heterocycles. The molecule has 0 atom stereocenters. The first-order chi connectivity index (χ1) is 11.9. The second-order valence-corrected chi connectivity index (χ2v) is 7.51. The standard InChI is InChI=1S/C22H20N2S/c1-22(2,3)17-11-9-16(10-12-17)20-13-18(15-7-5-4-6-8-15)19(14-23)21(25)24-20/h4-13H,1-3H3,(H,24,25). The number of nitriles is 1. The highest BCUT2D eigenvalue weighted by Crippen LogP contribution is 2.30. The molecule has 0 fully saturated rings. The van der Waals surface area contributed by atoms with Crippen LogP contribution in [0.3, 0.4) is 0 Å². The van der Waals surface area contributed by atoms with Crippen molar-refractivity contribution in [2.45, 2.75) is 26.2 Å². The molecule has 0 saturated carbocycles. The zero-order valence-electron chi connectivity index (χ0n) is 14.6. The minimum atomic E-state index is 0.116. The molecule has 0 saturated heterocycles. The van der Waals surface area contributed by atoms with Crippen LogP contribution < -0.4 is 0 Å². The highest BCUT2D eigenvalue weighted by atomic mass is 32.1. The van der Waals surface area contributed by atoms with E-state index in [-0.39, 0.29) is 5.41 Å². The Morgan fingerprint density at radius 3 is 2.12 bits per heavy atom. The smallest absolute Gasteiger partial charge is 0.122 e. The van der Waals surface area contributed by atoms with Crippen LogP contribution in [0, 0.1) is 16.0 Å². The third-order valence-electron chi connectivity index (χ3n) is 4.29. The molecule has 0 amide bonds. The van der Waals surface area contributed by atoms with Crippen molar-refractivity contribution in [2.75, 3.05) is 0 Å². The lowest BCUT2D eigenvalue weighted by Crippen LogP contribution is -2.10. The summed E-state index contributed by atoms with van der Waals surface area (Å²) in [5.41, 5.74) is 5.74. The molecule has 124 valence electrons. The van der Waals surface area contributed by atoms with E-state index in [4.69, 9.17) is 12.2 Å². The SMILES string of the molecule is CC(C)(C)c1ccc(-c2cc(-c3ccccc3)c(C#N)c(=S)[nH]2)cc1. The Labute approximate surface area is 153 Å². The minimum Gasteiger partial charge on any atom is -0.345 e. The summed E-state index contributed by atoms with van der Waals surface area (Å²) in [6.45, 7) is 6.60. The number of aromatic nitrogens is 1. The Kier molecular flexibility index (Phi) is 4.57. The van der Waals surface area contributed by atoms with E-state index >= 15 is 0 Å². The first kappa shape index (κ1) is 17.1. The molecule has 1 aromatic heterocycles. The monoisotopic (exact) mass is 344 g/mol. The fourth-order valence-corrected chi connectivity index (χ4v) is 3.09. The maximum Gasteiger partial charge on any atom is 0.122 e. The van der Waals surface area contributed by atoms with Gasteiger partial charge in [-0.25, -0.2) is 0 Å². The normalized spacial score (nSPS) is 11.1. The zero-order valence-corrected chi connectivity index (χ0v) is 15.4. The maximum atomic E-state index is 9.51. The molecule has 3 heteroatoms. The first-order valence-corrected chi connectivity index (χ1v) is 8.65. The van der Waals surface area contributed by atoms with Crippen LogP contribution in [0.15, 0.2) is 60.7 Å². The van der Waals surface area contributed by atoms with Crippen LogP contribution in [-0.2, 0) is 5.41 Å². The number of hydrogen-bond donors (Lipinski definition) is 1. The second-order valence-electron chi connectivity index (χ2n) is 7.11. The van der Waals surface area contributed by atoms with Gasteiger partial charge in [0, 0.05) is 11.3 Å². The highest BCUT2D eigenvalue weighted by molar-refractivity contribution is 7.71. The lowest BCUT2D eigenvalue weighted by molar-refractivity contribution is 0.590. The number of nitrogens with zero attached hydrogens (tertiary/aromatic N) is 1. The van der Waals surface area contributed by atoms with Gasteiger partial charge in [0.25, 0.3) is 0 Å². The highest BCUT2D eigenvalue weighted by Gasteiger charge is 2.14. The van der Waals surface area contributed by atoms with Gasteiger partial charge >= 0.3 is 0 Å². The van der Waals surface area contributed by atoms with Crippen molar-refractivity contribution in [2.24, 2.45) is 0 Å². The van der Waals surface area contributed by atoms with E-state index in [2.05, 4.69) is 56.1 Å². The summed E-state index contributed by atoms with van der Waals surface area (Å²) in [4.78, 5) is 3.20. The van der Waals surface area contributed by atoms with Crippen molar-refractivity contribution in [3.05, 3.63) is 76.4 Å². The van der Waals surface area contributed by atoms with Gasteiger partial charge in [0.05, 0.1) is 5.56 Å². The molecule has 25 heavy (non-hydrogen) atoms. The predicted octanol–water partition coefficient (Wildman–Crippen LogP) is 6.25. The molecule has 1 N–H and O–H groups in total. The Morgan fingerprint density at radius 1 is 0.920 bits per heavy atom. The van der Waals surface area contributed by atoms with Gasteiger partial charge in [-0.3, -0.25) is 0 Å². The van der Waals surface area contributed by atoms with Crippen LogP contribution >= 0.6 is 12.2 Å². The van der Waals surface area contributed by atoms with Gasteiger partial charge in [-0.15, -0.1) is 0 Å². The van der Waals surface area contributed by atoms with Crippen molar-refractivity contribution in [1.82, 2.24) is 4.98 Å². The summed E-state index contributed by atoms with van der Waals surface area (Å²) < 4.78 is 0.471. The molecular formula is C22H20N2S. The third kappa shape index (κ3) is 3.55. The Morgan fingerprint density at radius 2 is 1.56 bits per heavy atom. The van der Waals surface area contributed by atoms with E-state index < -0.39 is 0 Å². The third-order valence-corrected chi connectivity index (χ3v) is 4.60. The molecule has 0 aliphatic carbocycles. The first-order valence-electron chi connectivity index (χ1n) is 8.24. The predicted molar refractivity (Wildman–Crippen MR) is 106 cm³/mol. The van der Waals surface area contributed by atoms with Crippen LogP contribution in [0.25, 0.3) is 22.4 Å². The topological polar surface area (TPSA) is 39.6 Å². The lowest BCUT2D eigenvalue weighted by Gasteiger charge is -2.19. The number of H-pyrrole nitrogens is 1. The molecular weight excluding hydrogens is 324 g/mol. The van der Waals surface area contributed by atoms with Crippen molar-refractivity contribution in [3.63, 3.8) is 0 Å². The van der Waals surface area contributed by atoms with Crippen LogP contribution in [-0.4, -0.2) is 4.98 Å². The van der Waals surface area contributed by atoms with E-state index in [0.29, 0.717) is 10.2 Å². The van der Waals surface area contributed by atoms with Gasteiger partial charge in [0.1, 0.15) is 10.7 Å². The molecule has 3 aromatic rings. The summed E-state index contributed by atoms with van der Waals surface area (Å²) in [5.74, 6) is 0. The van der Waals surface area contributed by atoms with Crippen molar-refractivity contribution in [1.29, 1.82) is 5.26 Å². The van der Waals surface area contributed by atoms with E-state index in [9.17, 15) is 5.26 Å². The zero-order chi connectivity index (χ0) is 18.0.